The van der Waals surface area contributed by atoms with Crippen LogP contribution in [0.3, 0.4) is 0 Å². The predicted molar refractivity (Wildman–Crippen MR) is 125 cm³/mol. The molecule has 2 aliphatic rings. The number of sulfonamides is 1. The molecule has 1 heterocycles. The molecular weight excluding hydrogens is 442 g/mol. The molecule has 0 aromatic heterocycles. The average molecular weight is 466 g/mol. The number of anilines is 1. The first-order valence-electron chi connectivity index (χ1n) is 10.5. The number of nitrogens with zero attached hydrogens (tertiary/aromatic N) is 1. The van der Waals surface area contributed by atoms with Gasteiger partial charge in [0.1, 0.15) is 6.10 Å². The number of hydrogen-bond donors (Lipinski definition) is 0. The SMILES string of the molecule is CC(=O)OC1CC(Sc2ccccc2)c2cccc3c2C1CN3S(=O)(=O)c1ccccc1. The third-order valence-electron chi connectivity index (χ3n) is 6.03. The molecule has 7 heteroatoms. The van der Waals surface area contributed by atoms with Crippen molar-refractivity contribution >= 4 is 33.4 Å². The van der Waals surface area contributed by atoms with Crippen LogP contribution in [0.2, 0.25) is 0 Å². The smallest absolute Gasteiger partial charge is 0.302 e. The number of rotatable bonds is 5. The summed E-state index contributed by atoms with van der Waals surface area (Å²) in [5.41, 5.74) is 2.79. The Kier molecular flexibility index (Phi) is 5.47. The fourth-order valence-corrected chi connectivity index (χ4v) is 7.50. The molecule has 1 aliphatic carbocycles. The second-order valence-corrected chi connectivity index (χ2v) is 11.2. The summed E-state index contributed by atoms with van der Waals surface area (Å²) in [5, 5.41) is 0.0623. The predicted octanol–water partition coefficient (Wildman–Crippen LogP) is 5.15. The van der Waals surface area contributed by atoms with Crippen LogP contribution in [0.25, 0.3) is 0 Å². The second-order valence-electron chi connectivity index (χ2n) is 8.04. The van der Waals surface area contributed by atoms with Crippen molar-refractivity contribution in [2.24, 2.45) is 0 Å². The molecule has 5 nitrogen and oxygen atoms in total. The molecule has 0 fully saturated rings. The van der Waals surface area contributed by atoms with Gasteiger partial charge in [-0.05, 0) is 41.5 Å². The largest absolute Gasteiger partial charge is 0.462 e. The highest BCUT2D eigenvalue weighted by molar-refractivity contribution is 7.99. The van der Waals surface area contributed by atoms with E-state index in [1.165, 1.54) is 11.2 Å². The molecule has 3 atom stereocenters. The van der Waals surface area contributed by atoms with Crippen LogP contribution in [0.15, 0.2) is 88.7 Å². The second kappa shape index (κ2) is 8.30. The van der Waals surface area contributed by atoms with Gasteiger partial charge in [-0.3, -0.25) is 9.10 Å². The Morgan fingerprint density at radius 3 is 2.34 bits per heavy atom. The maximum absolute atomic E-state index is 13.5. The van der Waals surface area contributed by atoms with E-state index < -0.39 is 10.0 Å². The molecule has 3 unspecified atom stereocenters. The number of carbonyl (C=O) groups excluding carboxylic acids is 1. The van der Waals surface area contributed by atoms with Gasteiger partial charge in [-0.15, -0.1) is 11.8 Å². The minimum absolute atomic E-state index is 0.0623. The van der Waals surface area contributed by atoms with E-state index in [0.29, 0.717) is 12.1 Å². The van der Waals surface area contributed by atoms with E-state index in [0.717, 1.165) is 16.0 Å². The van der Waals surface area contributed by atoms with Gasteiger partial charge in [0.05, 0.1) is 10.6 Å². The highest BCUT2D eigenvalue weighted by Crippen LogP contribution is 2.54. The van der Waals surface area contributed by atoms with Gasteiger partial charge in [-0.25, -0.2) is 8.42 Å². The zero-order chi connectivity index (χ0) is 22.3. The molecule has 164 valence electrons. The molecule has 0 amide bonds. The molecule has 0 bridgehead atoms. The lowest BCUT2D eigenvalue weighted by molar-refractivity contribution is -0.147. The van der Waals surface area contributed by atoms with E-state index in [1.54, 1.807) is 42.1 Å². The van der Waals surface area contributed by atoms with Crippen LogP contribution in [0.1, 0.15) is 35.6 Å². The third-order valence-corrected chi connectivity index (χ3v) is 9.10. The number of carbonyl (C=O) groups is 1. The van der Waals surface area contributed by atoms with Crippen LogP contribution in [0.5, 0.6) is 0 Å². The molecule has 0 saturated heterocycles. The van der Waals surface area contributed by atoms with Gasteiger partial charge in [0.2, 0.25) is 0 Å². The lowest BCUT2D eigenvalue weighted by Crippen LogP contribution is -2.35. The van der Waals surface area contributed by atoms with E-state index >= 15 is 0 Å². The summed E-state index contributed by atoms with van der Waals surface area (Å²) in [6.45, 7) is 1.68. The topological polar surface area (TPSA) is 63.7 Å². The Morgan fingerprint density at radius 2 is 1.66 bits per heavy atom. The van der Waals surface area contributed by atoms with Crippen LogP contribution >= 0.6 is 11.8 Å². The highest BCUT2D eigenvalue weighted by atomic mass is 32.2. The summed E-state index contributed by atoms with van der Waals surface area (Å²) in [5.74, 6) is -0.528. The first-order chi connectivity index (χ1) is 15.4. The number of esters is 1. The maximum atomic E-state index is 13.5. The highest BCUT2D eigenvalue weighted by Gasteiger charge is 2.47. The third kappa shape index (κ3) is 3.69. The standard InChI is InChI=1S/C25H23NO4S2/c1-17(27)30-23-15-24(31-18-9-4-2-5-10-18)20-13-8-14-22-25(20)21(23)16-26(22)32(28,29)19-11-6-3-7-12-19/h2-14,21,23-24H,15-16H2,1H3. The number of thioether (sulfide) groups is 1. The van der Waals surface area contributed by atoms with E-state index in [9.17, 15) is 13.2 Å². The number of ether oxygens (including phenoxy) is 1. The molecule has 1 aliphatic heterocycles. The van der Waals surface area contributed by atoms with Crippen molar-refractivity contribution in [3.8, 4) is 0 Å². The van der Waals surface area contributed by atoms with Crippen LogP contribution in [-0.2, 0) is 19.6 Å². The van der Waals surface area contributed by atoms with Crippen molar-refractivity contribution in [1.29, 1.82) is 0 Å². The zero-order valence-corrected chi connectivity index (χ0v) is 19.2. The van der Waals surface area contributed by atoms with Gasteiger partial charge in [-0.2, -0.15) is 0 Å². The summed E-state index contributed by atoms with van der Waals surface area (Å²) < 4.78 is 34.2. The van der Waals surface area contributed by atoms with Gasteiger partial charge in [0.25, 0.3) is 10.0 Å². The monoisotopic (exact) mass is 465 g/mol. The minimum atomic E-state index is -3.73. The van der Waals surface area contributed by atoms with Gasteiger partial charge in [0.15, 0.2) is 0 Å². The van der Waals surface area contributed by atoms with Crippen molar-refractivity contribution < 1.29 is 17.9 Å². The Morgan fingerprint density at radius 1 is 0.969 bits per heavy atom. The first kappa shape index (κ1) is 21.1. The van der Waals surface area contributed by atoms with Crippen molar-refractivity contribution in [3.05, 3.63) is 90.0 Å². The minimum Gasteiger partial charge on any atom is -0.462 e. The summed E-state index contributed by atoms with van der Waals surface area (Å²) in [6.07, 6.45) is 0.262. The van der Waals surface area contributed by atoms with Gasteiger partial charge in [0, 0.05) is 36.0 Å². The van der Waals surface area contributed by atoms with Crippen LogP contribution in [0.4, 0.5) is 5.69 Å². The first-order valence-corrected chi connectivity index (χ1v) is 12.9. The normalized spacial score (nSPS) is 21.8. The summed E-state index contributed by atoms with van der Waals surface area (Å²) in [7, 11) is -3.73. The van der Waals surface area contributed by atoms with Crippen molar-refractivity contribution in [3.63, 3.8) is 0 Å². The summed E-state index contributed by atoms with van der Waals surface area (Å²) in [6, 6.07) is 24.5. The zero-order valence-electron chi connectivity index (χ0n) is 17.5. The van der Waals surface area contributed by atoms with E-state index in [4.69, 9.17) is 4.74 Å². The van der Waals surface area contributed by atoms with Gasteiger partial charge < -0.3 is 4.74 Å². The Labute approximate surface area is 192 Å². The average Bonchev–Trinajstić information content (AvgIpc) is 3.20. The van der Waals surface area contributed by atoms with Crippen molar-refractivity contribution in [2.75, 3.05) is 10.8 Å². The Hall–Kier alpha value is -2.77. The Balaban J connectivity index is 1.59. The molecular formula is C25H23NO4S2. The van der Waals surface area contributed by atoms with E-state index in [2.05, 4.69) is 18.2 Å². The summed E-state index contributed by atoms with van der Waals surface area (Å²) in [4.78, 5) is 13.3. The molecule has 0 spiro atoms. The number of benzene rings is 3. The molecule has 0 N–H and O–H groups in total. The quantitative estimate of drug-likeness (QED) is 0.488. The van der Waals surface area contributed by atoms with Crippen LogP contribution in [0, 0.1) is 0 Å². The van der Waals surface area contributed by atoms with E-state index in [-0.39, 0.29) is 34.7 Å². The molecule has 5 rings (SSSR count). The fraction of sp³-hybridized carbons (Fsp3) is 0.240. The molecule has 3 aromatic rings. The molecule has 0 radical (unpaired) electrons. The van der Waals surface area contributed by atoms with Crippen molar-refractivity contribution in [1.82, 2.24) is 0 Å². The molecule has 3 aromatic carbocycles. The maximum Gasteiger partial charge on any atom is 0.302 e. The van der Waals surface area contributed by atoms with Crippen LogP contribution in [-0.4, -0.2) is 27.0 Å². The lowest BCUT2D eigenvalue weighted by Gasteiger charge is -2.34. The van der Waals surface area contributed by atoms with Crippen LogP contribution < -0.4 is 4.31 Å². The molecule has 0 saturated carbocycles. The van der Waals surface area contributed by atoms with Gasteiger partial charge in [-0.1, -0.05) is 48.5 Å². The fourth-order valence-electron chi connectivity index (χ4n) is 4.71. The lowest BCUT2D eigenvalue weighted by atomic mass is 9.81. The van der Waals surface area contributed by atoms with Crippen molar-refractivity contribution in [2.45, 2.75) is 40.4 Å². The number of hydrogen-bond acceptors (Lipinski definition) is 5. The molecule has 32 heavy (non-hydrogen) atoms. The Bertz CT molecular complexity index is 1250. The van der Waals surface area contributed by atoms with Gasteiger partial charge >= 0.3 is 5.97 Å². The van der Waals surface area contributed by atoms with E-state index in [1.807, 2.05) is 30.3 Å². The summed E-state index contributed by atoms with van der Waals surface area (Å²) >= 11 is 1.72.